The van der Waals surface area contributed by atoms with Crippen LogP contribution in [0.1, 0.15) is 34.7 Å². The van der Waals surface area contributed by atoms with E-state index in [1.807, 2.05) is 25.1 Å². The summed E-state index contributed by atoms with van der Waals surface area (Å²) in [5.41, 5.74) is 5.86. The summed E-state index contributed by atoms with van der Waals surface area (Å²) in [6, 6.07) is 15.3. The third-order valence-electron chi connectivity index (χ3n) is 5.19. The number of hydrogen-bond donors (Lipinski definition) is 0. The molecule has 1 aliphatic rings. The Morgan fingerprint density at radius 2 is 1.85 bits per heavy atom. The molecule has 1 unspecified atom stereocenters. The molecule has 0 saturated carbocycles. The maximum absolute atomic E-state index is 14.6. The Morgan fingerprint density at radius 1 is 1.04 bits per heavy atom. The summed E-state index contributed by atoms with van der Waals surface area (Å²) in [5, 5.41) is 8.89. The average Bonchev–Trinajstić information content (AvgIpc) is 2.80. The minimum atomic E-state index is -0.239. The second kappa shape index (κ2) is 7.37. The normalized spacial score (nSPS) is 17.4. The molecule has 4 rings (SSSR count). The quantitative estimate of drug-likeness (QED) is 0.610. The van der Waals surface area contributed by atoms with Crippen molar-refractivity contribution in [1.29, 1.82) is 0 Å². The number of fused-ring (bicyclic) bond motifs is 1. The van der Waals surface area contributed by atoms with E-state index in [0.29, 0.717) is 10.6 Å². The lowest BCUT2D eigenvalue weighted by atomic mass is 9.85. The standard InChI is InChI=1S/C22H21ClFN3/c1-14-3-8-22(26-25-14)15-4-6-18-16(11-15)13-27(2)10-9-19(18)20-7-5-17(23)12-21(20)24/h3-8,11-12,19H,9-10,13H2,1-2H3. The van der Waals surface area contributed by atoms with Crippen LogP contribution in [0, 0.1) is 12.7 Å². The molecule has 27 heavy (non-hydrogen) atoms. The average molecular weight is 382 g/mol. The van der Waals surface area contributed by atoms with Crippen molar-refractivity contribution in [2.45, 2.75) is 25.8 Å². The Labute approximate surface area is 163 Å². The van der Waals surface area contributed by atoms with E-state index in [4.69, 9.17) is 11.6 Å². The summed E-state index contributed by atoms with van der Waals surface area (Å²) >= 11 is 5.95. The summed E-state index contributed by atoms with van der Waals surface area (Å²) < 4.78 is 14.6. The number of benzene rings is 2. The van der Waals surface area contributed by atoms with Crippen molar-refractivity contribution in [1.82, 2.24) is 15.1 Å². The lowest BCUT2D eigenvalue weighted by molar-refractivity contribution is 0.328. The molecule has 1 atom stereocenters. The number of halogens is 2. The van der Waals surface area contributed by atoms with Crippen molar-refractivity contribution in [3.63, 3.8) is 0 Å². The highest BCUT2D eigenvalue weighted by Crippen LogP contribution is 2.37. The van der Waals surface area contributed by atoms with Gasteiger partial charge < -0.3 is 4.90 Å². The van der Waals surface area contributed by atoms with E-state index in [9.17, 15) is 4.39 Å². The van der Waals surface area contributed by atoms with Gasteiger partial charge in [0.2, 0.25) is 0 Å². The van der Waals surface area contributed by atoms with Crippen LogP contribution in [0.25, 0.3) is 11.3 Å². The first-order valence-corrected chi connectivity index (χ1v) is 9.46. The van der Waals surface area contributed by atoms with Crippen LogP contribution in [0.5, 0.6) is 0 Å². The molecule has 0 saturated heterocycles. The van der Waals surface area contributed by atoms with Crippen LogP contribution >= 0.6 is 11.6 Å². The Kier molecular flexibility index (Phi) is 4.94. The number of hydrogen-bond acceptors (Lipinski definition) is 3. The van der Waals surface area contributed by atoms with Gasteiger partial charge in [0.25, 0.3) is 0 Å². The molecule has 2 aromatic carbocycles. The third-order valence-corrected chi connectivity index (χ3v) is 5.42. The molecule has 0 radical (unpaired) electrons. The highest BCUT2D eigenvalue weighted by atomic mass is 35.5. The van der Waals surface area contributed by atoms with Crippen LogP contribution in [0.15, 0.2) is 48.5 Å². The maximum Gasteiger partial charge on any atom is 0.128 e. The molecule has 0 fully saturated rings. The van der Waals surface area contributed by atoms with Gasteiger partial charge in [-0.05, 0) is 74.0 Å². The zero-order valence-corrected chi connectivity index (χ0v) is 16.2. The molecule has 0 spiro atoms. The van der Waals surface area contributed by atoms with E-state index < -0.39 is 0 Å². The van der Waals surface area contributed by atoms with Crippen molar-refractivity contribution in [2.75, 3.05) is 13.6 Å². The Bertz CT molecular complexity index is 972. The van der Waals surface area contributed by atoms with Crippen LogP contribution in [0.3, 0.4) is 0 Å². The largest absolute Gasteiger partial charge is 0.302 e. The predicted molar refractivity (Wildman–Crippen MR) is 106 cm³/mol. The van der Waals surface area contributed by atoms with E-state index in [0.717, 1.165) is 36.5 Å². The zero-order chi connectivity index (χ0) is 19.0. The van der Waals surface area contributed by atoms with Crippen molar-refractivity contribution in [3.8, 4) is 11.3 Å². The summed E-state index contributed by atoms with van der Waals surface area (Å²) in [5.74, 6) is -0.225. The maximum atomic E-state index is 14.6. The Morgan fingerprint density at radius 3 is 2.59 bits per heavy atom. The number of nitrogens with zero attached hydrogens (tertiary/aromatic N) is 3. The molecule has 0 bridgehead atoms. The molecule has 0 aliphatic carbocycles. The van der Waals surface area contributed by atoms with Crippen LogP contribution in [-0.4, -0.2) is 28.7 Å². The Balaban J connectivity index is 1.79. The van der Waals surface area contributed by atoms with Crippen LogP contribution in [0.4, 0.5) is 4.39 Å². The third kappa shape index (κ3) is 3.73. The van der Waals surface area contributed by atoms with E-state index in [1.54, 1.807) is 6.07 Å². The molecule has 138 valence electrons. The molecule has 5 heteroatoms. The first-order valence-electron chi connectivity index (χ1n) is 9.08. The molecular weight excluding hydrogens is 361 g/mol. The molecule has 2 heterocycles. The predicted octanol–water partition coefficient (Wildman–Crippen LogP) is 5.21. The second-order valence-electron chi connectivity index (χ2n) is 7.22. The van der Waals surface area contributed by atoms with Crippen molar-refractivity contribution in [3.05, 3.63) is 81.8 Å². The van der Waals surface area contributed by atoms with E-state index >= 15 is 0 Å². The summed E-state index contributed by atoms with van der Waals surface area (Å²) in [7, 11) is 2.10. The smallest absolute Gasteiger partial charge is 0.128 e. The van der Waals surface area contributed by atoms with Gasteiger partial charge in [-0.1, -0.05) is 29.8 Å². The Hall–Kier alpha value is -2.30. The monoisotopic (exact) mass is 381 g/mol. The number of aryl methyl sites for hydroxylation is 1. The summed E-state index contributed by atoms with van der Waals surface area (Å²) in [4.78, 5) is 2.28. The fourth-order valence-corrected chi connectivity index (χ4v) is 3.94. The molecule has 1 aromatic heterocycles. The molecule has 1 aliphatic heterocycles. The lowest BCUT2D eigenvalue weighted by Gasteiger charge is -2.19. The second-order valence-corrected chi connectivity index (χ2v) is 7.65. The topological polar surface area (TPSA) is 29.0 Å². The van der Waals surface area contributed by atoms with Gasteiger partial charge in [0, 0.05) is 23.0 Å². The zero-order valence-electron chi connectivity index (χ0n) is 15.4. The van der Waals surface area contributed by atoms with Gasteiger partial charge in [-0.3, -0.25) is 0 Å². The minimum absolute atomic E-state index is 0.0142. The van der Waals surface area contributed by atoms with Crippen LogP contribution < -0.4 is 0 Å². The molecule has 3 nitrogen and oxygen atoms in total. The highest BCUT2D eigenvalue weighted by Gasteiger charge is 2.25. The lowest BCUT2D eigenvalue weighted by Crippen LogP contribution is -2.17. The number of rotatable bonds is 2. The van der Waals surface area contributed by atoms with Gasteiger partial charge in [-0.2, -0.15) is 10.2 Å². The highest BCUT2D eigenvalue weighted by molar-refractivity contribution is 6.30. The SMILES string of the molecule is Cc1ccc(-c2ccc3c(c2)CN(C)CCC3c2ccc(Cl)cc2F)nn1. The van der Waals surface area contributed by atoms with E-state index in [1.165, 1.54) is 17.2 Å². The molecular formula is C22H21ClFN3. The van der Waals surface area contributed by atoms with Gasteiger partial charge in [0.05, 0.1) is 11.4 Å². The van der Waals surface area contributed by atoms with Crippen LogP contribution in [0.2, 0.25) is 5.02 Å². The van der Waals surface area contributed by atoms with Crippen molar-refractivity contribution >= 4 is 11.6 Å². The van der Waals surface area contributed by atoms with Gasteiger partial charge in [0.15, 0.2) is 0 Å². The molecule has 0 N–H and O–H groups in total. The van der Waals surface area contributed by atoms with Gasteiger partial charge in [0.1, 0.15) is 5.82 Å². The first-order chi connectivity index (χ1) is 13.0. The van der Waals surface area contributed by atoms with E-state index in [2.05, 4.69) is 40.3 Å². The van der Waals surface area contributed by atoms with Crippen LogP contribution in [-0.2, 0) is 6.54 Å². The minimum Gasteiger partial charge on any atom is -0.302 e. The number of aromatic nitrogens is 2. The molecule has 3 aromatic rings. The fourth-order valence-electron chi connectivity index (χ4n) is 3.78. The van der Waals surface area contributed by atoms with Gasteiger partial charge in [-0.15, -0.1) is 0 Å². The van der Waals surface area contributed by atoms with E-state index in [-0.39, 0.29) is 11.7 Å². The summed E-state index contributed by atoms with van der Waals surface area (Å²) in [6.07, 6.45) is 0.867. The molecule has 0 amide bonds. The van der Waals surface area contributed by atoms with Crippen molar-refractivity contribution < 1.29 is 4.39 Å². The summed E-state index contributed by atoms with van der Waals surface area (Å²) in [6.45, 7) is 3.66. The van der Waals surface area contributed by atoms with Gasteiger partial charge in [-0.25, -0.2) is 4.39 Å². The van der Waals surface area contributed by atoms with Gasteiger partial charge >= 0.3 is 0 Å². The van der Waals surface area contributed by atoms with Crippen molar-refractivity contribution in [2.24, 2.45) is 0 Å². The first kappa shape index (κ1) is 18.1. The fraction of sp³-hybridized carbons (Fsp3) is 0.273.